The summed E-state index contributed by atoms with van der Waals surface area (Å²) in [4.78, 5) is 35.2. The van der Waals surface area contributed by atoms with Gasteiger partial charge < -0.3 is 15.0 Å². The standard InChI is InChI=1S/C26H23F3N6O3/c27-26(28,29)16-38-22-6-3-4-20(31-22)25(37)34-14-11-18(12-15-34)17-7-9-19(10-8-17)30-24(36)23-32-21-5-1-2-13-35(21)33-23/h1-10,13,18H,11-12,14-16H2,(H,30,36). The molecule has 1 N–H and O–H groups in total. The molecule has 1 aromatic carbocycles. The van der Waals surface area contributed by atoms with E-state index in [-0.39, 0.29) is 29.2 Å². The van der Waals surface area contributed by atoms with Crippen molar-refractivity contribution in [3.8, 4) is 5.88 Å². The number of carbonyl (C=O) groups is 2. The number of nitrogens with zero attached hydrogens (tertiary/aromatic N) is 5. The van der Waals surface area contributed by atoms with Gasteiger partial charge in [0, 0.05) is 31.0 Å². The lowest BCUT2D eigenvalue weighted by atomic mass is 9.89. The molecule has 0 saturated carbocycles. The van der Waals surface area contributed by atoms with Crippen LogP contribution in [-0.4, -0.2) is 62.2 Å². The predicted octanol–water partition coefficient (Wildman–Crippen LogP) is 4.34. The van der Waals surface area contributed by atoms with Crippen molar-refractivity contribution in [1.82, 2.24) is 24.5 Å². The lowest BCUT2D eigenvalue weighted by Gasteiger charge is -2.32. The molecule has 9 nitrogen and oxygen atoms in total. The first-order valence-electron chi connectivity index (χ1n) is 11.9. The van der Waals surface area contributed by atoms with E-state index in [1.165, 1.54) is 22.7 Å². The molecule has 1 fully saturated rings. The van der Waals surface area contributed by atoms with Gasteiger partial charge >= 0.3 is 6.18 Å². The van der Waals surface area contributed by atoms with Gasteiger partial charge in [0.15, 0.2) is 12.3 Å². The fourth-order valence-electron chi connectivity index (χ4n) is 4.30. The van der Waals surface area contributed by atoms with Gasteiger partial charge in [-0.2, -0.15) is 13.2 Å². The second kappa shape index (κ2) is 10.5. The molecule has 1 aliphatic heterocycles. The summed E-state index contributed by atoms with van der Waals surface area (Å²) in [5.74, 6) is -0.705. The molecule has 4 heterocycles. The average Bonchev–Trinajstić information content (AvgIpc) is 3.37. The third-order valence-corrected chi connectivity index (χ3v) is 6.19. The van der Waals surface area contributed by atoms with E-state index in [9.17, 15) is 22.8 Å². The summed E-state index contributed by atoms with van der Waals surface area (Å²) in [6.07, 6.45) is -1.34. The first kappa shape index (κ1) is 25.2. The Labute approximate surface area is 215 Å². The molecule has 0 aliphatic carbocycles. The topological polar surface area (TPSA) is 102 Å². The summed E-state index contributed by atoms with van der Waals surface area (Å²) in [6.45, 7) is -0.503. The van der Waals surface area contributed by atoms with Crippen LogP contribution in [0.25, 0.3) is 5.65 Å². The molecule has 2 amide bonds. The molecule has 196 valence electrons. The lowest BCUT2D eigenvalue weighted by molar-refractivity contribution is -0.154. The van der Waals surface area contributed by atoms with Crippen LogP contribution in [0, 0.1) is 0 Å². The Morgan fingerprint density at radius 3 is 2.45 bits per heavy atom. The van der Waals surface area contributed by atoms with Crippen molar-refractivity contribution >= 4 is 23.1 Å². The van der Waals surface area contributed by atoms with Crippen LogP contribution in [0.5, 0.6) is 5.88 Å². The molecule has 0 atom stereocenters. The summed E-state index contributed by atoms with van der Waals surface area (Å²) in [5, 5.41) is 6.97. The first-order valence-corrected chi connectivity index (χ1v) is 11.9. The smallest absolute Gasteiger partial charge is 0.422 e. The van der Waals surface area contributed by atoms with E-state index in [2.05, 4.69) is 25.1 Å². The van der Waals surface area contributed by atoms with Gasteiger partial charge in [0.1, 0.15) is 5.69 Å². The molecular formula is C26H23F3N6O3. The van der Waals surface area contributed by atoms with Crippen molar-refractivity contribution in [3.05, 3.63) is 83.9 Å². The second-order valence-corrected chi connectivity index (χ2v) is 8.85. The lowest BCUT2D eigenvalue weighted by Crippen LogP contribution is -2.38. The fraction of sp³-hybridized carbons (Fsp3) is 0.269. The largest absolute Gasteiger partial charge is 0.468 e. The van der Waals surface area contributed by atoms with E-state index in [1.54, 1.807) is 23.2 Å². The highest BCUT2D eigenvalue weighted by molar-refractivity contribution is 6.01. The number of aromatic nitrogens is 4. The Balaban J connectivity index is 1.15. The normalized spacial score (nSPS) is 14.4. The molecular weight excluding hydrogens is 501 g/mol. The second-order valence-electron chi connectivity index (χ2n) is 8.85. The Morgan fingerprint density at radius 1 is 0.974 bits per heavy atom. The molecule has 5 rings (SSSR count). The van der Waals surface area contributed by atoms with Crippen LogP contribution in [0.4, 0.5) is 18.9 Å². The number of alkyl halides is 3. The summed E-state index contributed by atoms with van der Waals surface area (Å²) < 4.78 is 43.4. The van der Waals surface area contributed by atoms with Crippen molar-refractivity contribution in [2.45, 2.75) is 24.9 Å². The number of benzene rings is 1. The van der Waals surface area contributed by atoms with Crippen LogP contribution in [-0.2, 0) is 0 Å². The third-order valence-electron chi connectivity index (χ3n) is 6.19. The highest BCUT2D eigenvalue weighted by Gasteiger charge is 2.29. The van der Waals surface area contributed by atoms with Crippen molar-refractivity contribution < 1.29 is 27.5 Å². The monoisotopic (exact) mass is 524 g/mol. The van der Waals surface area contributed by atoms with Crippen molar-refractivity contribution in [2.75, 3.05) is 25.0 Å². The number of amides is 2. The Morgan fingerprint density at radius 2 is 1.74 bits per heavy atom. The van der Waals surface area contributed by atoms with Gasteiger partial charge in [0.25, 0.3) is 11.8 Å². The highest BCUT2D eigenvalue weighted by atomic mass is 19.4. The van der Waals surface area contributed by atoms with Crippen LogP contribution in [0.3, 0.4) is 0 Å². The van der Waals surface area contributed by atoms with Gasteiger partial charge in [-0.1, -0.05) is 24.3 Å². The molecule has 12 heteroatoms. The van der Waals surface area contributed by atoms with E-state index >= 15 is 0 Å². The number of halogens is 3. The SMILES string of the molecule is O=C(Nc1ccc(C2CCN(C(=O)c3cccc(OCC(F)(F)F)n3)CC2)cc1)c1nc2ccccn2n1. The first-order chi connectivity index (χ1) is 18.2. The number of piperidine rings is 1. The summed E-state index contributed by atoms with van der Waals surface area (Å²) in [5.41, 5.74) is 2.32. The molecule has 3 aromatic heterocycles. The maximum Gasteiger partial charge on any atom is 0.422 e. The van der Waals surface area contributed by atoms with E-state index in [0.29, 0.717) is 37.3 Å². The number of hydrogen-bond acceptors (Lipinski definition) is 6. The number of rotatable bonds is 6. The Kier molecular flexibility index (Phi) is 6.95. The number of carbonyl (C=O) groups excluding carboxylic acids is 2. The molecule has 1 saturated heterocycles. The van der Waals surface area contributed by atoms with E-state index < -0.39 is 18.7 Å². The van der Waals surface area contributed by atoms with Crippen molar-refractivity contribution in [3.63, 3.8) is 0 Å². The maximum absolute atomic E-state index is 12.9. The van der Waals surface area contributed by atoms with Crippen LogP contribution in [0.2, 0.25) is 0 Å². The van der Waals surface area contributed by atoms with Crippen LogP contribution in [0.1, 0.15) is 45.4 Å². The van der Waals surface area contributed by atoms with Crippen LogP contribution < -0.4 is 10.1 Å². The highest BCUT2D eigenvalue weighted by Crippen LogP contribution is 2.29. The minimum Gasteiger partial charge on any atom is -0.468 e. The van der Waals surface area contributed by atoms with Crippen molar-refractivity contribution in [2.24, 2.45) is 0 Å². The quantitative estimate of drug-likeness (QED) is 0.403. The van der Waals surface area contributed by atoms with Gasteiger partial charge in [-0.15, -0.1) is 5.10 Å². The van der Waals surface area contributed by atoms with Gasteiger partial charge in [0.05, 0.1) is 0 Å². The van der Waals surface area contributed by atoms with Gasteiger partial charge in [-0.25, -0.2) is 14.5 Å². The zero-order valence-corrected chi connectivity index (χ0v) is 20.1. The zero-order valence-electron chi connectivity index (χ0n) is 20.1. The molecule has 4 aromatic rings. The van der Waals surface area contributed by atoms with E-state index in [4.69, 9.17) is 0 Å². The Hall–Kier alpha value is -4.48. The molecule has 0 unspecified atom stereocenters. The molecule has 1 aliphatic rings. The number of anilines is 1. The minimum absolute atomic E-state index is 0.0447. The molecule has 0 spiro atoms. The fourth-order valence-corrected chi connectivity index (χ4v) is 4.30. The number of hydrogen-bond donors (Lipinski definition) is 1. The van der Waals surface area contributed by atoms with E-state index in [0.717, 1.165) is 5.56 Å². The van der Waals surface area contributed by atoms with Crippen molar-refractivity contribution in [1.29, 1.82) is 0 Å². The average molecular weight is 525 g/mol. The van der Waals surface area contributed by atoms with Gasteiger partial charge in [-0.3, -0.25) is 9.59 Å². The number of pyridine rings is 2. The summed E-state index contributed by atoms with van der Waals surface area (Å²) in [6, 6.07) is 17.1. The number of fused-ring (bicyclic) bond motifs is 1. The third kappa shape index (κ3) is 5.90. The molecule has 0 radical (unpaired) electrons. The summed E-state index contributed by atoms with van der Waals surface area (Å²) in [7, 11) is 0. The van der Waals surface area contributed by atoms with Crippen LogP contribution in [0.15, 0.2) is 66.9 Å². The predicted molar refractivity (Wildman–Crippen MR) is 131 cm³/mol. The van der Waals surface area contributed by atoms with Crippen LogP contribution >= 0.6 is 0 Å². The number of ether oxygens (including phenoxy) is 1. The Bertz CT molecular complexity index is 1410. The van der Waals surface area contributed by atoms with E-state index in [1.807, 2.05) is 30.3 Å². The van der Waals surface area contributed by atoms with Gasteiger partial charge in [-0.05, 0) is 54.7 Å². The minimum atomic E-state index is -4.49. The summed E-state index contributed by atoms with van der Waals surface area (Å²) >= 11 is 0. The maximum atomic E-state index is 12.9. The number of nitrogens with one attached hydrogen (secondary N) is 1. The van der Waals surface area contributed by atoms with Gasteiger partial charge in [0.2, 0.25) is 11.7 Å². The zero-order chi connectivity index (χ0) is 26.7. The molecule has 38 heavy (non-hydrogen) atoms. The number of likely N-dealkylation sites (tertiary alicyclic amines) is 1. The molecule has 0 bridgehead atoms.